The molecule has 118 valence electrons. The van der Waals surface area contributed by atoms with Crippen molar-refractivity contribution >= 4 is 15.9 Å². The molecule has 0 atom stereocenters. The van der Waals surface area contributed by atoms with E-state index in [0.717, 1.165) is 0 Å². The zero-order chi connectivity index (χ0) is 16.0. The Bertz CT molecular complexity index is 565. The number of hydrogen-bond acceptors (Lipinski definition) is 4. The van der Waals surface area contributed by atoms with E-state index < -0.39 is 15.9 Å². The van der Waals surface area contributed by atoms with Crippen molar-refractivity contribution in [1.82, 2.24) is 4.31 Å². The molecule has 3 N–H and O–H groups in total. The Hall–Kier alpha value is -1.44. The molecule has 0 aliphatic rings. The molecule has 0 saturated carbocycles. The highest BCUT2D eigenvalue weighted by molar-refractivity contribution is 7.89. The molecule has 0 fully saturated rings. The molecular formula is C14H22N2O4S. The third kappa shape index (κ3) is 4.03. The van der Waals surface area contributed by atoms with Gasteiger partial charge in [0, 0.05) is 18.2 Å². The number of primary amides is 1. The van der Waals surface area contributed by atoms with E-state index in [1.54, 1.807) is 0 Å². The number of sulfonamides is 1. The Balaban J connectivity index is 3.18. The van der Waals surface area contributed by atoms with Crippen molar-refractivity contribution in [2.24, 2.45) is 5.73 Å². The maximum absolute atomic E-state index is 12.7. The molecule has 6 nitrogen and oxygen atoms in total. The topological polar surface area (TPSA) is 101 Å². The van der Waals surface area contributed by atoms with Crippen molar-refractivity contribution in [2.45, 2.75) is 37.6 Å². The summed E-state index contributed by atoms with van der Waals surface area (Å²) in [5.41, 5.74) is 5.39. The molecule has 21 heavy (non-hydrogen) atoms. The molecule has 0 spiro atoms. The van der Waals surface area contributed by atoms with Gasteiger partial charge in [-0.2, -0.15) is 4.31 Å². The van der Waals surface area contributed by atoms with Crippen LogP contribution < -0.4 is 5.73 Å². The normalized spacial score (nSPS) is 12.0. The summed E-state index contributed by atoms with van der Waals surface area (Å²) < 4.78 is 26.6. The molecule has 0 bridgehead atoms. The molecular weight excluding hydrogens is 292 g/mol. The minimum absolute atomic E-state index is 0.0479. The molecule has 1 amide bonds. The third-order valence-electron chi connectivity index (χ3n) is 3.42. The van der Waals surface area contributed by atoms with Crippen LogP contribution in [0.3, 0.4) is 0 Å². The van der Waals surface area contributed by atoms with Crippen molar-refractivity contribution in [1.29, 1.82) is 0 Å². The number of rotatable bonds is 8. The molecule has 1 aromatic carbocycles. The first-order chi connectivity index (χ1) is 9.88. The van der Waals surface area contributed by atoms with Crippen LogP contribution in [0.2, 0.25) is 0 Å². The summed E-state index contributed by atoms with van der Waals surface area (Å²) in [4.78, 5) is 11.1. The van der Waals surface area contributed by atoms with Gasteiger partial charge in [0.25, 0.3) is 0 Å². The number of benzene rings is 1. The molecule has 0 aromatic heterocycles. The van der Waals surface area contributed by atoms with Crippen LogP contribution in [0, 0.1) is 0 Å². The van der Waals surface area contributed by atoms with Gasteiger partial charge < -0.3 is 10.8 Å². The van der Waals surface area contributed by atoms with E-state index in [-0.39, 0.29) is 29.7 Å². The number of hydrogen-bond donors (Lipinski definition) is 2. The third-order valence-corrected chi connectivity index (χ3v) is 5.38. The molecule has 1 aromatic rings. The summed E-state index contributed by atoms with van der Waals surface area (Å²) in [5.74, 6) is -0.605. The summed E-state index contributed by atoms with van der Waals surface area (Å²) >= 11 is 0. The number of aliphatic hydroxyl groups is 1. The van der Waals surface area contributed by atoms with Crippen molar-refractivity contribution in [3.63, 3.8) is 0 Å². The maximum Gasteiger partial charge on any atom is 0.248 e. The Kier molecular flexibility index (Phi) is 6.32. The monoisotopic (exact) mass is 314 g/mol. The van der Waals surface area contributed by atoms with Crippen LogP contribution in [-0.2, 0) is 10.0 Å². The number of carbonyl (C=O) groups excluding carboxylic acids is 1. The van der Waals surface area contributed by atoms with Gasteiger partial charge in [0.05, 0.1) is 11.5 Å². The Morgan fingerprint density at radius 2 is 1.76 bits per heavy atom. The second-order valence-corrected chi connectivity index (χ2v) is 6.59. The first kappa shape index (κ1) is 17.6. The molecule has 0 unspecified atom stereocenters. The van der Waals surface area contributed by atoms with E-state index in [9.17, 15) is 13.2 Å². The summed E-state index contributed by atoms with van der Waals surface area (Å²) in [6.07, 6.45) is 1.32. The zero-order valence-corrected chi connectivity index (χ0v) is 13.1. The van der Waals surface area contributed by atoms with Crippen LogP contribution in [0.15, 0.2) is 29.2 Å². The van der Waals surface area contributed by atoms with Gasteiger partial charge in [0.2, 0.25) is 15.9 Å². The molecule has 1 rings (SSSR count). The Morgan fingerprint density at radius 3 is 2.14 bits per heavy atom. The predicted octanol–water partition coefficient (Wildman–Crippen LogP) is 0.957. The number of nitrogens with two attached hydrogens (primary N) is 1. The number of carbonyl (C=O) groups is 1. The second-order valence-electron chi connectivity index (χ2n) is 4.70. The maximum atomic E-state index is 12.7. The van der Waals surface area contributed by atoms with Gasteiger partial charge in [-0.1, -0.05) is 13.8 Å². The first-order valence-electron chi connectivity index (χ1n) is 6.91. The van der Waals surface area contributed by atoms with Crippen molar-refractivity contribution < 1.29 is 18.3 Å². The fourth-order valence-corrected chi connectivity index (χ4v) is 3.98. The van der Waals surface area contributed by atoms with Gasteiger partial charge in [-0.3, -0.25) is 4.79 Å². The number of amides is 1. The van der Waals surface area contributed by atoms with Crippen LogP contribution in [0.4, 0.5) is 0 Å². The Labute approximate surface area is 125 Å². The fourth-order valence-electron chi connectivity index (χ4n) is 2.22. The van der Waals surface area contributed by atoms with Gasteiger partial charge in [-0.05, 0) is 37.1 Å². The molecule has 0 aliphatic carbocycles. The zero-order valence-electron chi connectivity index (χ0n) is 12.3. The largest absolute Gasteiger partial charge is 0.395 e. The lowest BCUT2D eigenvalue weighted by atomic mass is 10.2. The highest BCUT2D eigenvalue weighted by atomic mass is 32.2. The summed E-state index contributed by atoms with van der Waals surface area (Å²) in [5, 5.41) is 9.14. The van der Waals surface area contributed by atoms with Gasteiger partial charge in [-0.25, -0.2) is 8.42 Å². The molecule has 0 aliphatic heterocycles. The highest BCUT2D eigenvalue weighted by Crippen LogP contribution is 2.21. The van der Waals surface area contributed by atoms with E-state index in [4.69, 9.17) is 10.8 Å². The average Bonchev–Trinajstić information content (AvgIpc) is 2.47. The summed E-state index contributed by atoms with van der Waals surface area (Å²) in [7, 11) is -3.71. The fraction of sp³-hybridized carbons (Fsp3) is 0.500. The van der Waals surface area contributed by atoms with Crippen molar-refractivity contribution in [2.75, 3.05) is 13.2 Å². The lowest BCUT2D eigenvalue weighted by molar-refractivity contribution is 0.1000. The lowest BCUT2D eigenvalue weighted by Gasteiger charge is -2.29. The van der Waals surface area contributed by atoms with Gasteiger partial charge in [0.1, 0.15) is 0 Å². The summed E-state index contributed by atoms with van der Waals surface area (Å²) in [6.45, 7) is 3.62. The minimum Gasteiger partial charge on any atom is -0.395 e. The quantitative estimate of drug-likeness (QED) is 0.746. The highest BCUT2D eigenvalue weighted by Gasteiger charge is 2.29. The van der Waals surface area contributed by atoms with E-state index in [2.05, 4.69) is 0 Å². The number of nitrogens with zero attached hydrogens (tertiary/aromatic N) is 1. The van der Waals surface area contributed by atoms with Crippen LogP contribution in [-0.4, -0.2) is 42.9 Å². The number of aliphatic hydroxyl groups excluding tert-OH is 1. The molecule has 0 heterocycles. The van der Waals surface area contributed by atoms with Crippen molar-refractivity contribution in [3.05, 3.63) is 29.8 Å². The molecule has 0 saturated heterocycles. The van der Waals surface area contributed by atoms with Crippen LogP contribution in [0.25, 0.3) is 0 Å². The van der Waals surface area contributed by atoms with E-state index in [0.29, 0.717) is 12.8 Å². The van der Waals surface area contributed by atoms with E-state index in [1.165, 1.54) is 28.6 Å². The standard InChI is InChI=1S/C14H22N2O4S/c1-3-12(4-2)16(9-10-17)21(19,20)13-7-5-11(6-8-13)14(15)18/h5-8,12,17H,3-4,9-10H2,1-2H3,(H2,15,18). The predicted molar refractivity (Wildman–Crippen MR) is 80.3 cm³/mol. The SMILES string of the molecule is CCC(CC)N(CCO)S(=O)(=O)c1ccc(C(N)=O)cc1. The van der Waals surface area contributed by atoms with Crippen molar-refractivity contribution in [3.8, 4) is 0 Å². The van der Waals surface area contributed by atoms with E-state index in [1.807, 2.05) is 13.8 Å². The smallest absolute Gasteiger partial charge is 0.248 e. The van der Waals surface area contributed by atoms with Crippen LogP contribution in [0.5, 0.6) is 0 Å². The van der Waals surface area contributed by atoms with Gasteiger partial charge >= 0.3 is 0 Å². The van der Waals surface area contributed by atoms with E-state index >= 15 is 0 Å². The van der Waals surface area contributed by atoms with Gasteiger partial charge in [0.15, 0.2) is 0 Å². The second kappa shape index (κ2) is 7.53. The average molecular weight is 314 g/mol. The molecule has 7 heteroatoms. The minimum atomic E-state index is -3.71. The van der Waals surface area contributed by atoms with Crippen LogP contribution in [0.1, 0.15) is 37.0 Å². The lowest BCUT2D eigenvalue weighted by Crippen LogP contribution is -2.41. The summed E-state index contributed by atoms with van der Waals surface area (Å²) in [6, 6.07) is 5.33. The Morgan fingerprint density at radius 1 is 1.24 bits per heavy atom. The van der Waals surface area contributed by atoms with Gasteiger partial charge in [-0.15, -0.1) is 0 Å². The molecule has 0 radical (unpaired) electrons. The van der Waals surface area contributed by atoms with Crippen LogP contribution >= 0.6 is 0 Å². The first-order valence-corrected chi connectivity index (χ1v) is 8.35.